The van der Waals surface area contributed by atoms with Crippen LogP contribution in [0.4, 0.5) is 4.39 Å². The van der Waals surface area contributed by atoms with Gasteiger partial charge in [-0.15, -0.1) is 0 Å². The third-order valence-electron chi connectivity index (χ3n) is 3.19. The molecule has 4 nitrogen and oxygen atoms in total. The Labute approximate surface area is 121 Å². The lowest BCUT2D eigenvalue weighted by atomic mass is 10.3. The fraction of sp³-hybridized carbons (Fsp3) is 0.500. The lowest BCUT2D eigenvalue weighted by Crippen LogP contribution is -2.34. The van der Waals surface area contributed by atoms with Gasteiger partial charge in [0, 0.05) is 24.1 Å². The number of halogens is 2. The van der Waals surface area contributed by atoms with E-state index in [9.17, 15) is 12.8 Å². The molecule has 0 spiro atoms. The zero-order valence-corrected chi connectivity index (χ0v) is 13.0. The molecule has 1 aliphatic heterocycles. The van der Waals surface area contributed by atoms with Crippen LogP contribution in [0.5, 0.6) is 0 Å². The van der Waals surface area contributed by atoms with Gasteiger partial charge in [0.25, 0.3) is 0 Å². The molecule has 0 aromatic heterocycles. The summed E-state index contributed by atoms with van der Waals surface area (Å²) >= 11 is 3.12. The number of benzene rings is 1. The number of hydrogen-bond acceptors (Lipinski definition) is 3. The summed E-state index contributed by atoms with van der Waals surface area (Å²) in [5.74, 6) is -0.457. The second kappa shape index (κ2) is 5.87. The van der Waals surface area contributed by atoms with Crippen molar-refractivity contribution in [3.8, 4) is 0 Å². The van der Waals surface area contributed by atoms with Gasteiger partial charge in [0.2, 0.25) is 10.0 Å². The van der Waals surface area contributed by atoms with Gasteiger partial charge in [-0.25, -0.2) is 12.8 Å². The number of nitrogens with zero attached hydrogens (tertiary/aromatic N) is 2. The highest BCUT2D eigenvalue weighted by molar-refractivity contribution is 9.10. The molecule has 0 bridgehead atoms. The Morgan fingerprint density at radius 2 is 1.95 bits per heavy atom. The maximum Gasteiger partial charge on any atom is 0.244 e. The molecule has 0 amide bonds. The average molecular weight is 351 g/mol. The molecule has 1 aliphatic rings. The minimum absolute atomic E-state index is 0.124. The van der Waals surface area contributed by atoms with Gasteiger partial charge in [-0.1, -0.05) is 0 Å². The van der Waals surface area contributed by atoms with Crippen molar-refractivity contribution in [3.05, 3.63) is 28.5 Å². The maximum absolute atomic E-state index is 13.0. The van der Waals surface area contributed by atoms with E-state index >= 15 is 0 Å². The SMILES string of the molecule is CN1CCCN(S(=O)(=O)c2ccc(F)cc2Br)CC1. The van der Waals surface area contributed by atoms with Crippen molar-refractivity contribution < 1.29 is 12.8 Å². The largest absolute Gasteiger partial charge is 0.305 e. The summed E-state index contributed by atoms with van der Waals surface area (Å²) in [7, 11) is -1.59. The van der Waals surface area contributed by atoms with Crippen LogP contribution in [0, 0.1) is 5.82 Å². The van der Waals surface area contributed by atoms with Crippen LogP contribution in [0.2, 0.25) is 0 Å². The first kappa shape index (κ1) is 14.9. The highest BCUT2D eigenvalue weighted by atomic mass is 79.9. The van der Waals surface area contributed by atoms with Crippen molar-refractivity contribution in [1.29, 1.82) is 0 Å². The van der Waals surface area contributed by atoms with Crippen molar-refractivity contribution >= 4 is 26.0 Å². The molecule has 1 saturated heterocycles. The van der Waals surface area contributed by atoms with E-state index in [1.807, 2.05) is 7.05 Å². The van der Waals surface area contributed by atoms with Gasteiger partial charge in [0.1, 0.15) is 5.82 Å². The Bertz CT molecular complexity index is 565. The topological polar surface area (TPSA) is 40.6 Å². The summed E-state index contributed by atoms with van der Waals surface area (Å²) in [6.45, 7) is 2.55. The first-order valence-electron chi connectivity index (χ1n) is 6.05. The molecule has 0 unspecified atom stereocenters. The van der Waals surface area contributed by atoms with Crippen LogP contribution in [0.1, 0.15) is 6.42 Å². The molecule has 0 N–H and O–H groups in total. The summed E-state index contributed by atoms with van der Waals surface area (Å²) in [6.07, 6.45) is 0.800. The molecule has 0 radical (unpaired) electrons. The van der Waals surface area contributed by atoms with Crippen molar-refractivity contribution in [1.82, 2.24) is 9.21 Å². The van der Waals surface area contributed by atoms with Crippen LogP contribution in [0.15, 0.2) is 27.6 Å². The van der Waals surface area contributed by atoms with Gasteiger partial charge in [-0.05, 0) is 54.1 Å². The lowest BCUT2D eigenvalue weighted by Gasteiger charge is -2.20. The van der Waals surface area contributed by atoms with Crippen molar-refractivity contribution in [2.24, 2.45) is 0 Å². The molecule has 2 rings (SSSR count). The van der Waals surface area contributed by atoms with Gasteiger partial charge in [-0.3, -0.25) is 0 Å². The van der Waals surface area contributed by atoms with Gasteiger partial charge in [0.05, 0.1) is 4.90 Å². The van der Waals surface area contributed by atoms with Gasteiger partial charge in [0.15, 0.2) is 0 Å². The van der Waals surface area contributed by atoms with E-state index < -0.39 is 15.8 Å². The standard InChI is InChI=1S/C12H16BrFN2O2S/c1-15-5-2-6-16(8-7-15)19(17,18)12-4-3-10(14)9-11(12)13/h3-4,9H,2,5-8H2,1H3. The smallest absolute Gasteiger partial charge is 0.244 e. The molecule has 0 aliphatic carbocycles. The normalized spacial score (nSPS) is 19.3. The lowest BCUT2D eigenvalue weighted by molar-refractivity contribution is 0.347. The highest BCUT2D eigenvalue weighted by Crippen LogP contribution is 2.26. The van der Waals surface area contributed by atoms with E-state index in [1.165, 1.54) is 22.5 Å². The molecular formula is C12H16BrFN2O2S. The van der Waals surface area contributed by atoms with Crippen LogP contribution in [0.25, 0.3) is 0 Å². The Kier molecular flexibility index (Phi) is 4.60. The molecule has 1 aromatic carbocycles. The molecule has 19 heavy (non-hydrogen) atoms. The maximum atomic E-state index is 13.0. The molecule has 7 heteroatoms. The van der Waals surface area contributed by atoms with E-state index in [1.54, 1.807) is 0 Å². The van der Waals surface area contributed by atoms with Gasteiger partial charge >= 0.3 is 0 Å². The molecule has 1 fully saturated rings. The quantitative estimate of drug-likeness (QED) is 0.817. The van der Waals surface area contributed by atoms with E-state index in [0.717, 1.165) is 13.0 Å². The summed E-state index contributed by atoms with van der Waals surface area (Å²) in [5.41, 5.74) is 0. The minimum atomic E-state index is -3.56. The van der Waals surface area contributed by atoms with E-state index in [4.69, 9.17) is 0 Å². The third kappa shape index (κ3) is 3.34. The van der Waals surface area contributed by atoms with Crippen LogP contribution in [0.3, 0.4) is 0 Å². The molecule has 1 aromatic rings. The predicted octanol–water partition coefficient (Wildman–Crippen LogP) is 1.91. The van der Waals surface area contributed by atoms with E-state index in [2.05, 4.69) is 20.8 Å². The Hall–Kier alpha value is -0.500. The second-order valence-electron chi connectivity index (χ2n) is 4.64. The van der Waals surface area contributed by atoms with Crippen LogP contribution in [-0.2, 0) is 10.0 Å². The van der Waals surface area contributed by atoms with Crippen LogP contribution < -0.4 is 0 Å². The fourth-order valence-electron chi connectivity index (χ4n) is 2.09. The van der Waals surface area contributed by atoms with Gasteiger partial charge < -0.3 is 4.90 Å². The molecular weight excluding hydrogens is 335 g/mol. The fourth-order valence-corrected chi connectivity index (χ4v) is 4.57. The third-order valence-corrected chi connectivity index (χ3v) is 6.07. The minimum Gasteiger partial charge on any atom is -0.305 e. The molecule has 0 atom stereocenters. The zero-order chi connectivity index (χ0) is 14.0. The number of rotatable bonds is 2. The van der Waals surface area contributed by atoms with Crippen molar-refractivity contribution in [2.45, 2.75) is 11.3 Å². The second-order valence-corrected chi connectivity index (χ2v) is 7.40. The highest BCUT2D eigenvalue weighted by Gasteiger charge is 2.27. The number of hydrogen-bond donors (Lipinski definition) is 0. The first-order valence-corrected chi connectivity index (χ1v) is 8.28. The first-order chi connectivity index (χ1) is 8.91. The average Bonchev–Trinajstić information content (AvgIpc) is 2.53. The molecule has 0 saturated carbocycles. The summed E-state index contributed by atoms with van der Waals surface area (Å²) in [5, 5.41) is 0. The molecule has 106 valence electrons. The zero-order valence-electron chi connectivity index (χ0n) is 10.6. The molecule has 1 heterocycles. The van der Waals surface area contributed by atoms with Crippen molar-refractivity contribution in [3.63, 3.8) is 0 Å². The van der Waals surface area contributed by atoms with Crippen molar-refractivity contribution in [2.75, 3.05) is 33.2 Å². The Morgan fingerprint density at radius 1 is 1.21 bits per heavy atom. The number of likely N-dealkylation sites (N-methyl/N-ethyl adjacent to an activating group) is 1. The van der Waals surface area contributed by atoms with E-state index in [0.29, 0.717) is 19.6 Å². The Balaban J connectivity index is 2.31. The Morgan fingerprint density at radius 3 is 2.63 bits per heavy atom. The van der Waals surface area contributed by atoms with Gasteiger partial charge in [-0.2, -0.15) is 4.31 Å². The number of sulfonamides is 1. The van der Waals surface area contributed by atoms with Crippen LogP contribution >= 0.6 is 15.9 Å². The van der Waals surface area contributed by atoms with E-state index in [-0.39, 0.29) is 9.37 Å². The summed E-state index contributed by atoms with van der Waals surface area (Å²) in [4.78, 5) is 2.23. The predicted molar refractivity (Wildman–Crippen MR) is 75.0 cm³/mol. The summed E-state index contributed by atoms with van der Waals surface area (Å²) < 4.78 is 39.9. The monoisotopic (exact) mass is 350 g/mol. The van der Waals surface area contributed by atoms with Crippen LogP contribution in [-0.4, -0.2) is 50.8 Å². The summed E-state index contributed by atoms with van der Waals surface area (Å²) in [6, 6.07) is 3.65.